The molecule has 1 atom stereocenters. The van der Waals surface area contributed by atoms with E-state index in [1.165, 1.54) is 9.13 Å². The van der Waals surface area contributed by atoms with Gasteiger partial charge in [-0.1, -0.05) is 18.2 Å². The minimum absolute atomic E-state index is 0.0528. The first kappa shape index (κ1) is 46.8. The van der Waals surface area contributed by atoms with Gasteiger partial charge in [-0.05, 0) is 74.3 Å². The van der Waals surface area contributed by atoms with Gasteiger partial charge in [0.2, 0.25) is 17.6 Å². The van der Waals surface area contributed by atoms with Crippen LogP contribution in [0.15, 0.2) is 65.8 Å². The molecule has 23 heteroatoms. The Labute approximate surface area is 387 Å². The van der Waals surface area contributed by atoms with Crippen molar-refractivity contribution in [2.45, 2.75) is 63.2 Å². The lowest BCUT2D eigenvalue weighted by Crippen LogP contribution is -2.47. The van der Waals surface area contributed by atoms with Gasteiger partial charge in [-0.25, -0.2) is 23.4 Å². The molecule has 3 fully saturated rings. The van der Waals surface area contributed by atoms with Crippen LogP contribution in [0.3, 0.4) is 0 Å². The Hall–Kier alpha value is -7.30. The fraction of sp³-hybridized carbons (Fsp3) is 0.391. The molecule has 0 spiro atoms. The van der Waals surface area contributed by atoms with Gasteiger partial charge in [-0.15, -0.1) is 0 Å². The number of hydroxylamine groups is 2. The summed E-state index contributed by atoms with van der Waals surface area (Å²) in [5.41, 5.74) is 2.84. The van der Waals surface area contributed by atoms with Crippen LogP contribution in [0.25, 0.3) is 33.2 Å². The molecule has 362 valence electrons. The van der Waals surface area contributed by atoms with Crippen molar-refractivity contribution in [2.75, 3.05) is 44.2 Å². The van der Waals surface area contributed by atoms with Crippen molar-refractivity contribution in [1.29, 1.82) is 0 Å². The van der Waals surface area contributed by atoms with Crippen molar-refractivity contribution in [1.82, 2.24) is 44.2 Å². The van der Waals surface area contributed by atoms with E-state index in [-0.39, 0.29) is 41.6 Å². The Bertz CT molecular complexity index is 3070. The quantitative estimate of drug-likeness (QED) is 0.0760. The summed E-state index contributed by atoms with van der Waals surface area (Å²) in [6.45, 7) is 3.17. The number of halogens is 6. The molecule has 3 aromatic carbocycles. The number of carbonyl (C=O) groups is 4. The monoisotopic (exact) mass is 962 g/mol. The van der Waals surface area contributed by atoms with E-state index in [9.17, 15) is 55.4 Å². The zero-order valence-corrected chi connectivity index (χ0v) is 36.9. The number of imidazole rings is 1. The highest BCUT2D eigenvalue weighted by Crippen LogP contribution is 2.35. The van der Waals surface area contributed by atoms with Crippen molar-refractivity contribution in [2.24, 2.45) is 13.0 Å². The van der Waals surface area contributed by atoms with Gasteiger partial charge in [-0.3, -0.25) is 43.4 Å². The highest BCUT2D eigenvalue weighted by molar-refractivity contribution is 6.00. The predicted octanol–water partition coefficient (Wildman–Crippen LogP) is 5.51. The second-order valence-electron chi connectivity index (χ2n) is 17.5. The Morgan fingerprint density at radius 2 is 1.67 bits per heavy atom. The van der Waals surface area contributed by atoms with Crippen molar-refractivity contribution in [3.05, 3.63) is 100 Å². The second kappa shape index (κ2) is 18.7. The fourth-order valence-electron chi connectivity index (χ4n) is 9.33. The molecule has 2 N–H and O–H groups in total. The number of anilines is 1. The first-order valence-corrected chi connectivity index (χ1v) is 22.2. The number of phenols is 1. The van der Waals surface area contributed by atoms with Crippen molar-refractivity contribution >= 4 is 51.4 Å². The van der Waals surface area contributed by atoms with E-state index in [4.69, 9.17) is 10.1 Å². The average Bonchev–Trinajstić information content (AvgIpc) is 3.88. The maximum absolute atomic E-state index is 14.6. The number of aromatic hydroxyl groups is 1. The number of aryl methyl sites for hydroxylation is 1. The molecular formula is C46H44F6N10O7. The van der Waals surface area contributed by atoms with E-state index >= 15 is 0 Å². The van der Waals surface area contributed by atoms with Crippen LogP contribution in [0.1, 0.15) is 66.5 Å². The third-order valence-electron chi connectivity index (χ3n) is 13.2. The number of piperazine rings is 1. The summed E-state index contributed by atoms with van der Waals surface area (Å²) >= 11 is 0. The van der Waals surface area contributed by atoms with Gasteiger partial charge in [0.15, 0.2) is 17.4 Å². The van der Waals surface area contributed by atoms with E-state index < -0.39 is 71.2 Å². The zero-order chi connectivity index (χ0) is 48.9. The minimum Gasteiger partial charge on any atom is -0.503 e. The summed E-state index contributed by atoms with van der Waals surface area (Å²) in [7, 11) is 1.68. The first-order chi connectivity index (χ1) is 32.9. The molecule has 1 aliphatic carbocycles. The summed E-state index contributed by atoms with van der Waals surface area (Å²) in [5.74, 6) is -12.8. The Morgan fingerprint density at radius 3 is 2.39 bits per heavy atom. The predicted molar refractivity (Wildman–Crippen MR) is 234 cm³/mol. The number of aromatic nitrogens is 6. The molecule has 3 amide bonds. The fourth-order valence-corrected chi connectivity index (χ4v) is 9.33. The minimum atomic E-state index is -5.54. The van der Waals surface area contributed by atoms with Crippen LogP contribution in [0, 0.1) is 23.4 Å². The lowest BCUT2D eigenvalue weighted by atomic mass is 9.86. The van der Waals surface area contributed by atoms with Gasteiger partial charge in [0.1, 0.15) is 11.9 Å². The van der Waals surface area contributed by atoms with Gasteiger partial charge in [-0.2, -0.15) is 27.7 Å². The molecular weight excluding hydrogens is 919 g/mol. The van der Waals surface area contributed by atoms with Crippen LogP contribution in [-0.4, -0.2) is 113 Å². The van der Waals surface area contributed by atoms with Crippen LogP contribution in [-0.2, 0) is 32.7 Å². The molecule has 9 rings (SSSR count). The van der Waals surface area contributed by atoms with E-state index in [0.29, 0.717) is 42.4 Å². The number of carbonyl (C=O) groups excluding carboxylic acids is 4. The molecule has 2 aliphatic heterocycles. The standard InChI is InChI=1S/C46H44F6N10O7/c1-57-36-18-25(4-9-34(36)62(45(57)68)35-10-11-38(63)55-42(35)65)12-13-58-14-16-59(17-15-58)37-22-53-21-33(54-37)27-5-6-28-24-60(56-32(28)19-27)29-7-2-26(3-8-29)23-61(69-44(67)46(50,51)52)43(66)30-20-31(47)41(64)40(49)39(30)48/h4-6,9,18-22,24,26,29,35,64H,2-3,7-8,10-17,23H2,1H3,(H,55,63,65). The topological polar surface area (TPSA) is 190 Å². The lowest BCUT2D eigenvalue weighted by molar-refractivity contribution is -0.230. The molecule has 3 aromatic heterocycles. The number of rotatable bonds is 10. The van der Waals surface area contributed by atoms with Gasteiger partial charge in [0.25, 0.3) is 5.91 Å². The Kier molecular flexibility index (Phi) is 12.6. The summed E-state index contributed by atoms with van der Waals surface area (Å²) in [6.07, 6.45) is 2.41. The van der Waals surface area contributed by atoms with Crippen LogP contribution in [0.5, 0.6) is 5.75 Å². The lowest BCUT2D eigenvalue weighted by Gasteiger charge is -2.35. The molecule has 1 unspecified atom stereocenters. The summed E-state index contributed by atoms with van der Waals surface area (Å²) < 4.78 is 86.9. The normalized spacial score (nSPS) is 19.3. The third-order valence-corrected chi connectivity index (χ3v) is 13.2. The number of nitrogens with zero attached hydrogens (tertiary/aromatic N) is 9. The number of piperidine rings is 1. The molecule has 69 heavy (non-hydrogen) atoms. The number of hydrogen-bond donors (Lipinski definition) is 2. The molecule has 2 saturated heterocycles. The van der Waals surface area contributed by atoms with Crippen molar-refractivity contribution in [3.63, 3.8) is 0 Å². The van der Waals surface area contributed by atoms with Crippen LogP contribution < -0.4 is 15.9 Å². The van der Waals surface area contributed by atoms with E-state index in [2.05, 4.69) is 24.9 Å². The molecule has 5 heterocycles. The van der Waals surface area contributed by atoms with Gasteiger partial charge in [0.05, 0.1) is 52.8 Å². The number of nitrogens with one attached hydrogen (secondary N) is 1. The van der Waals surface area contributed by atoms with Crippen LogP contribution in [0.4, 0.5) is 32.2 Å². The highest BCUT2D eigenvalue weighted by atomic mass is 19.4. The van der Waals surface area contributed by atoms with Gasteiger partial charge < -0.3 is 14.8 Å². The smallest absolute Gasteiger partial charge is 0.493 e. The van der Waals surface area contributed by atoms with E-state index in [1.807, 2.05) is 42.6 Å². The number of amides is 3. The molecule has 1 saturated carbocycles. The van der Waals surface area contributed by atoms with Crippen molar-refractivity contribution < 1.29 is 55.5 Å². The Balaban J connectivity index is 0.800. The van der Waals surface area contributed by atoms with Crippen LogP contribution in [0.2, 0.25) is 0 Å². The van der Waals surface area contributed by atoms with Gasteiger partial charge in [0, 0.05) is 63.3 Å². The molecule has 0 radical (unpaired) electrons. The third kappa shape index (κ3) is 9.46. The summed E-state index contributed by atoms with van der Waals surface area (Å²) in [6, 6.07) is 10.7. The highest BCUT2D eigenvalue weighted by Gasteiger charge is 2.44. The molecule has 0 bridgehead atoms. The van der Waals surface area contributed by atoms with Crippen molar-refractivity contribution in [3.8, 4) is 17.0 Å². The molecule has 6 aromatic rings. The number of alkyl halides is 3. The average molecular weight is 963 g/mol. The van der Waals surface area contributed by atoms with E-state index in [0.717, 1.165) is 67.0 Å². The number of fused-ring (bicyclic) bond motifs is 2. The maximum Gasteiger partial charge on any atom is 0.493 e. The second-order valence-corrected chi connectivity index (χ2v) is 17.5. The SMILES string of the molecule is Cn1c(=O)n(C2CCC(=O)NC2=O)c2ccc(CCN3CCN(c4cncc(-c5ccc6cn(C7CCC(CN(OC(=O)C(F)(F)F)C(=O)c8cc(F)c(O)c(F)c8F)CC7)nc6c5)n4)CC3)cc21. The number of benzene rings is 3. The number of imide groups is 1. The molecule has 17 nitrogen and oxygen atoms in total. The molecule has 3 aliphatic rings. The number of phenolic OH excluding ortho intramolecular Hbond substituents is 1. The largest absolute Gasteiger partial charge is 0.503 e. The summed E-state index contributed by atoms with van der Waals surface area (Å²) in [5, 5.41) is 17.3. The number of hydrogen-bond acceptors (Lipinski definition) is 12. The maximum atomic E-state index is 14.6. The first-order valence-electron chi connectivity index (χ1n) is 22.2. The zero-order valence-electron chi connectivity index (χ0n) is 36.9. The van der Waals surface area contributed by atoms with E-state index in [1.54, 1.807) is 24.1 Å². The Morgan fingerprint density at radius 1 is 0.913 bits per heavy atom. The summed E-state index contributed by atoms with van der Waals surface area (Å²) in [4.78, 5) is 80.5. The van der Waals surface area contributed by atoms with Gasteiger partial charge >= 0.3 is 17.8 Å². The van der Waals surface area contributed by atoms with Crippen LogP contribution >= 0.6 is 0 Å².